The summed E-state index contributed by atoms with van der Waals surface area (Å²) in [6.07, 6.45) is 4.71. The van der Waals surface area contributed by atoms with E-state index < -0.39 is 0 Å². The average Bonchev–Trinajstić information content (AvgIpc) is 2.87. The number of rotatable bonds is 4. The first-order valence-corrected chi connectivity index (χ1v) is 7.88. The predicted octanol–water partition coefficient (Wildman–Crippen LogP) is 2.72. The molecule has 1 aliphatic rings. The molecule has 3 nitrogen and oxygen atoms in total. The first-order chi connectivity index (χ1) is 9.06. The van der Waals surface area contributed by atoms with Crippen molar-refractivity contribution in [3.8, 4) is 0 Å². The molecule has 0 spiro atoms. The van der Waals surface area contributed by atoms with Crippen molar-refractivity contribution in [3.63, 3.8) is 0 Å². The number of aryl methyl sites for hydroxylation is 1. The quantitative estimate of drug-likeness (QED) is 0.922. The normalized spacial score (nSPS) is 19.9. The second kappa shape index (κ2) is 6.06. The molecule has 1 aromatic rings. The number of aliphatic hydroxyl groups excluding tert-OH is 1. The van der Waals surface area contributed by atoms with Crippen LogP contribution in [-0.2, 0) is 12.8 Å². The third-order valence-electron chi connectivity index (χ3n) is 4.22. The molecule has 4 heteroatoms. The van der Waals surface area contributed by atoms with Gasteiger partial charge < -0.3 is 10.0 Å². The van der Waals surface area contributed by atoms with Crippen LogP contribution in [-0.4, -0.2) is 35.6 Å². The van der Waals surface area contributed by atoms with E-state index in [2.05, 4.69) is 13.0 Å². The number of aliphatic hydroxyl groups is 1. The van der Waals surface area contributed by atoms with E-state index in [1.807, 2.05) is 6.92 Å². The van der Waals surface area contributed by atoms with Gasteiger partial charge in [-0.25, -0.2) is 0 Å². The summed E-state index contributed by atoms with van der Waals surface area (Å²) in [5.41, 5.74) is 1.37. The van der Waals surface area contributed by atoms with E-state index >= 15 is 0 Å². The molecule has 2 atom stereocenters. The van der Waals surface area contributed by atoms with E-state index in [4.69, 9.17) is 5.11 Å². The average molecular weight is 281 g/mol. The standard InChI is InChI=1S/C15H23NO2S/c1-4-11-5-6-13-12(7-11)8-14(19-13)15(18)16(3)10(2)9-17/h8,10-11,17H,4-7,9H2,1-3H3. The predicted molar refractivity (Wildman–Crippen MR) is 78.8 cm³/mol. The van der Waals surface area contributed by atoms with Gasteiger partial charge in [0.2, 0.25) is 0 Å². The van der Waals surface area contributed by atoms with Crippen LogP contribution < -0.4 is 0 Å². The van der Waals surface area contributed by atoms with Crippen LogP contribution >= 0.6 is 11.3 Å². The summed E-state index contributed by atoms with van der Waals surface area (Å²) in [6.45, 7) is 4.11. The van der Waals surface area contributed by atoms with Gasteiger partial charge in [0.1, 0.15) is 0 Å². The SMILES string of the molecule is CCC1CCc2sc(C(=O)N(C)C(C)CO)cc2C1. The van der Waals surface area contributed by atoms with Gasteiger partial charge >= 0.3 is 0 Å². The summed E-state index contributed by atoms with van der Waals surface area (Å²) in [7, 11) is 1.76. The van der Waals surface area contributed by atoms with Crippen LogP contribution in [0.3, 0.4) is 0 Å². The molecule has 1 amide bonds. The Bertz CT molecular complexity index is 455. The second-order valence-electron chi connectivity index (χ2n) is 5.52. The minimum atomic E-state index is -0.130. The number of carbonyl (C=O) groups excluding carboxylic acids is 1. The van der Waals surface area contributed by atoms with Gasteiger partial charge in [-0.05, 0) is 43.7 Å². The number of carbonyl (C=O) groups is 1. The van der Waals surface area contributed by atoms with Gasteiger partial charge in [-0.3, -0.25) is 4.79 Å². The Morgan fingerprint density at radius 1 is 1.63 bits per heavy atom. The Morgan fingerprint density at radius 3 is 3.00 bits per heavy atom. The maximum atomic E-state index is 12.3. The van der Waals surface area contributed by atoms with Crippen molar-refractivity contribution in [2.45, 2.75) is 45.6 Å². The van der Waals surface area contributed by atoms with Gasteiger partial charge in [0, 0.05) is 11.9 Å². The van der Waals surface area contributed by atoms with E-state index in [1.54, 1.807) is 23.3 Å². The summed E-state index contributed by atoms with van der Waals surface area (Å²) >= 11 is 1.64. The van der Waals surface area contributed by atoms with Crippen molar-refractivity contribution in [3.05, 3.63) is 21.4 Å². The van der Waals surface area contributed by atoms with Crippen molar-refractivity contribution in [2.75, 3.05) is 13.7 Å². The third kappa shape index (κ3) is 3.00. The molecule has 1 aromatic heterocycles. The lowest BCUT2D eigenvalue weighted by Crippen LogP contribution is -2.36. The number of hydrogen-bond acceptors (Lipinski definition) is 3. The molecular formula is C15H23NO2S. The molecule has 106 valence electrons. The maximum absolute atomic E-state index is 12.3. The maximum Gasteiger partial charge on any atom is 0.263 e. The number of hydrogen-bond donors (Lipinski definition) is 1. The summed E-state index contributed by atoms with van der Waals surface area (Å²) in [4.78, 5) is 16.2. The highest BCUT2D eigenvalue weighted by molar-refractivity contribution is 7.14. The number of thiophene rings is 1. The first-order valence-electron chi connectivity index (χ1n) is 7.06. The van der Waals surface area contributed by atoms with Gasteiger partial charge in [0.05, 0.1) is 17.5 Å². The highest BCUT2D eigenvalue weighted by Gasteiger charge is 2.24. The Balaban J connectivity index is 2.15. The molecule has 2 rings (SSSR count). The zero-order valence-electron chi connectivity index (χ0n) is 12.0. The van der Waals surface area contributed by atoms with E-state index in [1.165, 1.54) is 23.3 Å². The molecular weight excluding hydrogens is 258 g/mol. The van der Waals surface area contributed by atoms with Gasteiger partial charge in [-0.1, -0.05) is 13.3 Å². The highest BCUT2D eigenvalue weighted by atomic mass is 32.1. The molecule has 0 aliphatic heterocycles. The number of likely N-dealkylation sites (N-methyl/N-ethyl adjacent to an activating group) is 1. The lowest BCUT2D eigenvalue weighted by molar-refractivity contribution is 0.0687. The Labute approximate surface area is 119 Å². The molecule has 1 heterocycles. The van der Waals surface area contributed by atoms with E-state index in [-0.39, 0.29) is 18.6 Å². The van der Waals surface area contributed by atoms with Gasteiger partial charge in [0.15, 0.2) is 0 Å². The second-order valence-corrected chi connectivity index (χ2v) is 6.66. The zero-order valence-corrected chi connectivity index (χ0v) is 12.8. The van der Waals surface area contributed by atoms with Crippen molar-refractivity contribution in [2.24, 2.45) is 5.92 Å². The van der Waals surface area contributed by atoms with Gasteiger partial charge in [-0.2, -0.15) is 0 Å². The summed E-state index contributed by atoms with van der Waals surface area (Å²) in [5, 5.41) is 9.14. The zero-order chi connectivity index (χ0) is 14.0. The van der Waals surface area contributed by atoms with Crippen molar-refractivity contribution in [1.29, 1.82) is 0 Å². The molecule has 1 aliphatic carbocycles. The third-order valence-corrected chi connectivity index (χ3v) is 5.44. The van der Waals surface area contributed by atoms with E-state index in [0.717, 1.165) is 23.6 Å². The molecule has 0 saturated carbocycles. The fourth-order valence-electron chi connectivity index (χ4n) is 2.55. The van der Waals surface area contributed by atoms with Gasteiger partial charge in [0.25, 0.3) is 5.91 Å². The Morgan fingerprint density at radius 2 is 2.37 bits per heavy atom. The van der Waals surface area contributed by atoms with Crippen LogP contribution in [0.2, 0.25) is 0 Å². The topological polar surface area (TPSA) is 40.5 Å². The van der Waals surface area contributed by atoms with Crippen LogP contribution in [0, 0.1) is 5.92 Å². The monoisotopic (exact) mass is 281 g/mol. The minimum absolute atomic E-state index is 0.00520. The van der Waals surface area contributed by atoms with Crippen LogP contribution in [0.4, 0.5) is 0 Å². The van der Waals surface area contributed by atoms with Crippen molar-refractivity contribution in [1.82, 2.24) is 4.90 Å². The molecule has 19 heavy (non-hydrogen) atoms. The fourth-order valence-corrected chi connectivity index (χ4v) is 3.74. The number of fused-ring (bicyclic) bond motifs is 1. The number of amides is 1. The summed E-state index contributed by atoms with van der Waals surface area (Å²) in [6, 6.07) is 1.94. The largest absolute Gasteiger partial charge is 0.394 e. The minimum Gasteiger partial charge on any atom is -0.394 e. The van der Waals surface area contributed by atoms with Crippen LogP contribution in [0.5, 0.6) is 0 Å². The molecule has 0 aromatic carbocycles. The molecule has 0 fully saturated rings. The summed E-state index contributed by atoms with van der Waals surface area (Å²) < 4.78 is 0. The summed E-state index contributed by atoms with van der Waals surface area (Å²) in [5.74, 6) is 0.813. The fraction of sp³-hybridized carbons (Fsp3) is 0.667. The van der Waals surface area contributed by atoms with Crippen LogP contribution in [0.15, 0.2) is 6.07 Å². The molecule has 1 N–H and O–H groups in total. The van der Waals surface area contributed by atoms with Crippen LogP contribution in [0.1, 0.15) is 46.8 Å². The number of nitrogens with zero attached hydrogens (tertiary/aromatic N) is 1. The molecule has 0 saturated heterocycles. The van der Waals surface area contributed by atoms with Crippen molar-refractivity contribution < 1.29 is 9.90 Å². The first kappa shape index (κ1) is 14.5. The Hall–Kier alpha value is -0.870. The molecule has 0 bridgehead atoms. The Kier molecular flexibility index (Phi) is 4.63. The van der Waals surface area contributed by atoms with Gasteiger partial charge in [-0.15, -0.1) is 11.3 Å². The lowest BCUT2D eigenvalue weighted by Gasteiger charge is -2.22. The van der Waals surface area contributed by atoms with Crippen LogP contribution in [0.25, 0.3) is 0 Å². The van der Waals surface area contributed by atoms with E-state index in [9.17, 15) is 4.79 Å². The lowest BCUT2D eigenvalue weighted by atomic mass is 9.87. The smallest absolute Gasteiger partial charge is 0.263 e. The molecule has 2 unspecified atom stereocenters. The molecule has 0 radical (unpaired) electrons. The van der Waals surface area contributed by atoms with E-state index in [0.29, 0.717) is 0 Å². The highest BCUT2D eigenvalue weighted by Crippen LogP contribution is 2.34. The van der Waals surface area contributed by atoms with Crippen molar-refractivity contribution >= 4 is 17.2 Å².